The van der Waals surface area contributed by atoms with Crippen LogP contribution in [0.4, 0.5) is 5.69 Å². The Kier molecular flexibility index (Phi) is 10.7. The van der Waals surface area contributed by atoms with Crippen molar-refractivity contribution < 1.29 is 33.4 Å². The van der Waals surface area contributed by atoms with Crippen molar-refractivity contribution in [2.75, 3.05) is 39.2 Å². The first-order valence-electron chi connectivity index (χ1n) is 11.5. The molecule has 10 nitrogen and oxygen atoms in total. The lowest BCUT2D eigenvalue weighted by Gasteiger charge is -2.22. The third-order valence-electron chi connectivity index (χ3n) is 5.13. The summed E-state index contributed by atoms with van der Waals surface area (Å²) >= 11 is 0. The summed E-state index contributed by atoms with van der Waals surface area (Å²) in [4.78, 5) is 51.0. The molecule has 0 aliphatic rings. The van der Waals surface area contributed by atoms with E-state index in [1.807, 2.05) is 6.92 Å². The first-order valence-corrected chi connectivity index (χ1v) is 11.5. The number of nitrogens with zero attached hydrogens (tertiary/aromatic N) is 1. The van der Waals surface area contributed by atoms with Gasteiger partial charge in [0.2, 0.25) is 5.91 Å². The molecule has 0 bridgehead atoms. The molecule has 3 amide bonds. The van der Waals surface area contributed by atoms with Crippen molar-refractivity contribution >= 4 is 29.4 Å². The Morgan fingerprint density at radius 2 is 1.69 bits per heavy atom. The van der Waals surface area contributed by atoms with Gasteiger partial charge in [0.05, 0.1) is 20.3 Å². The Hall–Kier alpha value is -4.08. The van der Waals surface area contributed by atoms with Crippen LogP contribution in [0.1, 0.15) is 31.1 Å². The Morgan fingerprint density at radius 1 is 1.00 bits per heavy atom. The monoisotopic (exact) mass is 499 g/mol. The highest BCUT2D eigenvalue weighted by molar-refractivity contribution is 5.97. The molecule has 2 aromatic carbocycles. The van der Waals surface area contributed by atoms with Gasteiger partial charge in [-0.25, -0.2) is 4.79 Å². The van der Waals surface area contributed by atoms with Crippen LogP contribution in [-0.2, 0) is 19.1 Å². The zero-order chi connectivity index (χ0) is 26.7. The van der Waals surface area contributed by atoms with Crippen molar-refractivity contribution in [1.82, 2.24) is 10.2 Å². The van der Waals surface area contributed by atoms with Gasteiger partial charge in [-0.05, 0) is 49.2 Å². The molecule has 2 rings (SSSR count). The van der Waals surface area contributed by atoms with E-state index >= 15 is 0 Å². The minimum absolute atomic E-state index is 0.240. The fourth-order valence-corrected chi connectivity index (χ4v) is 3.13. The minimum Gasteiger partial charge on any atom is -0.497 e. The van der Waals surface area contributed by atoms with Crippen LogP contribution in [0.2, 0.25) is 0 Å². The van der Waals surface area contributed by atoms with Crippen molar-refractivity contribution in [1.29, 1.82) is 0 Å². The Morgan fingerprint density at radius 3 is 2.31 bits per heavy atom. The van der Waals surface area contributed by atoms with Gasteiger partial charge in [0, 0.05) is 24.4 Å². The highest BCUT2D eigenvalue weighted by atomic mass is 16.5. The lowest BCUT2D eigenvalue weighted by molar-refractivity contribution is -0.154. The number of esters is 1. The molecule has 0 unspecified atom stereocenters. The fourth-order valence-electron chi connectivity index (χ4n) is 3.13. The number of ether oxygens (including phenoxy) is 3. The smallest absolute Gasteiger partial charge is 0.329 e. The summed E-state index contributed by atoms with van der Waals surface area (Å²) in [5.74, 6) is -1.26. The van der Waals surface area contributed by atoms with Crippen LogP contribution in [0.15, 0.2) is 48.5 Å². The summed E-state index contributed by atoms with van der Waals surface area (Å²) in [5.41, 5.74) is 0.879. The molecule has 0 aromatic heterocycles. The second-order valence-corrected chi connectivity index (χ2v) is 8.29. The van der Waals surface area contributed by atoms with Crippen molar-refractivity contribution in [3.8, 4) is 11.5 Å². The van der Waals surface area contributed by atoms with Crippen molar-refractivity contribution in [2.24, 2.45) is 5.92 Å². The molecule has 36 heavy (non-hydrogen) atoms. The largest absolute Gasteiger partial charge is 0.497 e. The second-order valence-electron chi connectivity index (χ2n) is 8.29. The first kappa shape index (κ1) is 28.2. The SMILES string of the molecule is CCOc1ccc(C(=O)N[C@H](C(=O)OCC(=O)N(C)CC(=O)Nc2cccc(OC)c2)C(C)C)cc1. The fraction of sp³-hybridized carbons (Fsp3) is 0.385. The van der Waals surface area contributed by atoms with E-state index in [1.54, 1.807) is 62.4 Å². The number of hydrogen-bond donors (Lipinski definition) is 2. The van der Waals surface area contributed by atoms with E-state index in [2.05, 4.69) is 10.6 Å². The lowest BCUT2D eigenvalue weighted by Crippen LogP contribution is -2.46. The number of rotatable bonds is 12. The van der Waals surface area contributed by atoms with Crippen LogP contribution in [0, 0.1) is 5.92 Å². The number of likely N-dealkylation sites (N-methyl/N-ethyl adjacent to an activating group) is 1. The van der Waals surface area contributed by atoms with E-state index < -0.39 is 36.3 Å². The van der Waals surface area contributed by atoms with Crippen LogP contribution in [-0.4, -0.2) is 68.5 Å². The van der Waals surface area contributed by atoms with E-state index in [0.29, 0.717) is 29.4 Å². The standard InChI is InChI=1S/C26H33N3O7/c1-6-35-20-12-10-18(11-13-20)25(32)28-24(17(2)3)26(33)36-16-23(31)29(4)15-22(30)27-19-8-7-9-21(14-19)34-5/h7-14,17,24H,6,15-16H2,1-5H3,(H,27,30)(H,28,32)/t24-/m0/s1. The highest BCUT2D eigenvalue weighted by Crippen LogP contribution is 2.16. The number of amides is 3. The molecule has 0 saturated carbocycles. The van der Waals surface area contributed by atoms with E-state index in [1.165, 1.54) is 14.2 Å². The van der Waals surface area contributed by atoms with E-state index in [9.17, 15) is 19.2 Å². The van der Waals surface area contributed by atoms with Crippen LogP contribution in [0.3, 0.4) is 0 Å². The molecule has 1 atom stereocenters. The van der Waals surface area contributed by atoms with Crippen LogP contribution in [0.5, 0.6) is 11.5 Å². The molecule has 0 radical (unpaired) electrons. The van der Waals surface area contributed by atoms with E-state index in [4.69, 9.17) is 14.2 Å². The Labute approximate surface area is 210 Å². The third-order valence-corrected chi connectivity index (χ3v) is 5.13. The lowest BCUT2D eigenvalue weighted by atomic mass is 10.0. The molecule has 0 aliphatic heterocycles. The van der Waals surface area contributed by atoms with Crippen LogP contribution < -0.4 is 20.1 Å². The van der Waals surface area contributed by atoms with Gasteiger partial charge in [0.25, 0.3) is 11.8 Å². The highest BCUT2D eigenvalue weighted by Gasteiger charge is 2.27. The Balaban J connectivity index is 1.87. The van der Waals surface area contributed by atoms with Crippen molar-refractivity contribution in [2.45, 2.75) is 26.8 Å². The predicted octanol–water partition coefficient (Wildman–Crippen LogP) is 2.49. The third kappa shape index (κ3) is 8.61. The second kappa shape index (κ2) is 13.7. The van der Waals surface area contributed by atoms with Gasteiger partial charge in [-0.2, -0.15) is 0 Å². The summed E-state index contributed by atoms with van der Waals surface area (Å²) in [6.45, 7) is 5.06. The number of benzene rings is 2. The molecule has 0 saturated heterocycles. The number of carbonyl (C=O) groups is 4. The zero-order valence-electron chi connectivity index (χ0n) is 21.2. The van der Waals surface area contributed by atoms with Crippen LogP contribution in [0.25, 0.3) is 0 Å². The van der Waals surface area contributed by atoms with E-state index in [0.717, 1.165) is 4.90 Å². The summed E-state index contributed by atoms with van der Waals surface area (Å²) in [6, 6.07) is 12.4. The number of nitrogens with one attached hydrogen (secondary N) is 2. The zero-order valence-corrected chi connectivity index (χ0v) is 21.2. The molecule has 10 heteroatoms. The summed E-state index contributed by atoms with van der Waals surface area (Å²) < 4.78 is 15.6. The molecule has 0 aliphatic carbocycles. The quantitative estimate of drug-likeness (QED) is 0.430. The van der Waals surface area contributed by atoms with Gasteiger partial charge in [-0.1, -0.05) is 19.9 Å². The normalized spacial score (nSPS) is 11.3. The molecular weight excluding hydrogens is 466 g/mol. The summed E-state index contributed by atoms with van der Waals surface area (Å²) in [6.07, 6.45) is 0. The van der Waals surface area contributed by atoms with Gasteiger partial charge in [-0.15, -0.1) is 0 Å². The topological polar surface area (TPSA) is 123 Å². The van der Waals surface area contributed by atoms with Gasteiger partial charge in [-0.3, -0.25) is 14.4 Å². The molecule has 194 valence electrons. The molecule has 0 fully saturated rings. The molecule has 0 spiro atoms. The van der Waals surface area contributed by atoms with Gasteiger partial charge >= 0.3 is 5.97 Å². The summed E-state index contributed by atoms with van der Waals surface area (Å²) in [7, 11) is 2.94. The average molecular weight is 500 g/mol. The maximum absolute atomic E-state index is 12.6. The maximum atomic E-state index is 12.6. The van der Waals surface area contributed by atoms with Crippen LogP contribution >= 0.6 is 0 Å². The average Bonchev–Trinajstić information content (AvgIpc) is 2.85. The predicted molar refractivity (Wildman–Crippen MR) is 134 cm³/mol. The number of carbonyl (C=O) groups excluding carboxylic acids is 4. The number of methoxy groups -OCH3 is 1. The number of anilines is 1. The molecule has 0 heterocycles. The van der Waals surface area contributed by atoms with Gasteiger partial charge in [0.1, 0.15) is 17.5 Å². The van der Waals surface area contributed by atoms with Gasteiger partial charge < -0.3 is 29.7 Å². The number of hydrogen-bond acceptors (Lipinski definition) is 7. The van der Waals surface area contributed by atoms with Crippen molar-refractivity contribution in [3.63, 3.8) is 0 Å². The maximum Gasteiger partial charge on any atom is 0.329 e. The molecule has 2 N–H and O–H groups in total. The minimum atomic E-state index is -0.960. The summed E-state index contributed by atoms with van der Waals surface area (Å²) in [5, 5.41) is 5.32. The van der Waals surface area contributed by atoms with E-state index in [-0.39, 0.29) is 12.5 Å². The first-order chi connectivity index (χ1) is 17.1. The van der Waals surface area contributed by atoms with Gasteiger partial charge in [0.15, 0.2) is 6.61 Å². The van der Waals surface area contributed by atoms with Crippen molar-refractivity contribution in [3.05, 3.63) is 54.1 Å². The molecule has 2 aromatic rings. The Bertz CT molecular complexity index is 1050. The molecular formula is C26H33N3O7.